The molecule has 0 aliphatic rings. The molecule has 0 bridgehead atoms. The maximum absolute atomic E-state index is 9.97. The summed E-state index contributed by atoms with van der Waals surface area (Å²) < 4.78 is 9.89. The first-order valence-corrected chi connectivity index (χ1v) is 5.17. The van der Waals surface area contributed by atoms with Crippen molar-refractivity contribution in [2.24, 2.45) is 0 Å². The summed E-state index contributed by atoms with van der Waals surface area (Å²) in [6.07, 6.45) is 2.15. The van der Waals surface area contributed by atoms with Crippen molar-refractivity contribution in [1.29, 1.82) is 0 Å². The van der Waals surface area contributed by atoms with E-state index < -0.39 is 5.97 Å². The highest BCUT2D eigenvalue weighted by Gasteiger charge is 1.94. The maximum atomic E-state index is 9.97. The molecule has 0 amide bonds. The Hall–Kier alpha value is -0.650. The Morgan fingerprint density at radius 3 is 2.13 bits per heavy atom. The lowest BCUT2D eigenvalue weighted by molar-refractivity contribution is -0.142. The van der Waals surface area contributed by atoms with E-state index in [1.54, 1.807) is 6.92 Å². The number of carboxylic acids is 1. The van der Waals surface area contributed by atoms with E-state index in [1.807, 2.05) is 0 Å². The number of unbranched alkanes of at least 4 members (excludes halogenated alkanes) is 1. The largest absolute Gasteiger partial charge is 0.480 e. The van der Waals surface area contributed by atoms with Gasteiger partial charge < -0.3 is 19.7 Å². The number of rotatable bonds is 8. The maximum Gasteiger partial charge on any atom is 0.329 e. The van der Waals surface area contributed by atoms with Gasteiger partial charge in [-0.1, -0.05) is 13.3 Å². The molecular formula is C10H22O5. The van der Waals surface area contributed by atoms with Gasteiger partial charge in [-0.25, -0.2) is 4.79 Å². The van der Waals surface area contributed by atoms with Gasteiger partial charge in [-0.05, 0) is 13.3 Å². The van der Waals surface area contributed by atoms with Gasteiger partial charge in [0.15, 0.2) is 0 Å². The molecule has 92 valence electrons. The second kappa shape index (κ2) is 15.8. The number of hydrogen-bond donors (Lipinski definition) is 2. The van der Waals surface area contributed by atoms with E-state index in [0.29, 0.717) is 13.2 Å². The molecule has 5 nitrogen and oxygen atoms in total. The van der Waals surface area contributed by atoms with Gasteiger partial charge in [-0.3, -0.25) is 0 Å². The second-order valence-corrected chi connectivity index (χ2v) is 2.73. The molecule has 0 saturated heterocycles. The highest BCUT2D eigenvalue weighted by Crippen LogP contribution is 1.87. The average Bonchev–Trinajstić information content (AvgIpc) is 2.17. The smallest absolute Gasteiger partial charge is 0.329 e. The summed E-state index contributed by atoms with van der Waals surface area (Å²) in [6.45, 7) is 5.34. The lowest BCUT2D eigenvalue weighted by Gasteiger charge is -2.02. The van der Waals surface area contributed by atoms with Gasteiger partial charge in [0, 0.05) is 13.2 Å². The van der Waals surface area contributed by atoms with E-state index in [2.05, 4.69) is 6.92 Å². The molecule has 0 aliphatic heterocycles. The molecular weight excluding hydrogens is 200 g/mol. The second-order valence-electron chi connectivity index (χ2n) is 2.73. The van der Waals surface area contributed by atoms with Gasteiger partial charge in [0.05, 0.1) is 13.2 Å². The molecule has 0 aromatic carbocycles. The van der Waals surface area contributed by atoms with Gasteiger partial charge in [0.25, 0.3) is 0 Å². The van der Waals surface area contributed by atoms with Crippen LogP contribution in [0, 0.1) is 0 Å². The third-order valence-electron chi connectivity index (χ3n) is 1.24. The molecule has 15 heavy (non-hydrogen) atoms. The van der Waals surface area contributed by atoms with Crippen molar-refractivity contribution in [3.63, 3.8) is 0 Å². The molecule has 0 aromatic heterocycles. The molecule has 2 N–H and O–H groups in total. The number of aliphatic carboxylic acids is 1. The Bertz CT molecular complexity index is 127. The molecule has 0 aromatic rings. The fourth-order valence-electron chi connectivity index (χ4n) is 0.626. The van der Waals surface area contributed by atoms with Crippen LogP contribution in [-0.4, -0.2) is 49.2 Å². The Balaban J connectivity index is 0. The molecule has 0 radical (unpaired) electrons. The summed E-state index contributed by atoms with van der Waals surface area (Å²) in [4.78, 5) is 9.97. The third-order valence-corrected chi connectivity index (χ3v) is 1.24. The molecule has 0 fully saturated rings. The van der Waals surface area contributed by atoms with Crippen molar-refractivity contribution in [3.05, 3.63) is 0 Å². The fourth-order valence-corrected chi connectivity index (χ4v) is 0.626. The topological polar surface area (TPSA) is 76.0 Å². The molecule has 0 heterocycles. The zero-order valence-corrected chi connectivity index (χ0v) is 9.57. The van der Waals surface area contributed by atoms with E-state index in [9.17, 15) is 4.79 Å². The summed E-state index contributed by atoms with van der Waals surface area (Å²) in [6, 6.07) is 0. The molecule has 0 spiro atoms. The van der Waals surface area contributed by atoms with Crippen LogP contribution in [0.25, 0.3) is 0 Å². The highest BCUT2D eigenvalue weighted by molar-refractivity contribution is 5.67. The Morgan fingerprint density at radius 2 is 1.67 bits per heavy atom. The SMILES string of the molecule is CCCCOCCOCC(=O)O.CCO. The predicted molar refractivity (Wildman–Crippen MR) is 56.9 cm³/mol. The number of ether oxygens (including phenoxy) is 2. The van der Waals surface area contributed by atoms with E-state index >= 15 is 0 Å². The van der Waals surface area contributed by atoms with Crippen molar-refractivity contribution < 1.29 is 24.5 Å². The first kappa shape index (κ1) is 16.8. The summed E-state index contributed by atoms with van der Waals surface area (Å²) in [7, 11) is 0. The normalized spacial score (nSPS) is 9.27. The highest BCUT2D eigenvalue weighted by atomic mass is 16.5. The number of hydrogen-bond acceptors (Lipinski definition) is 4. The first-order valence-electron chi connectivity index (χ1n) is 5.17. The zero-order valence-electron chi connectivity index (χ0n) is 9.57. The Kier molecular flexibility index (Phi) is 17.7. The molecule has 5 heteroatoms. The van der Waals surface area contributed by atoms with Gasteiger partial charge in [-0.15, -0.1) is 0 Å². The van der Waals surface area contributed by atoms with Crippen LogP contribution >= 0.6 is 0 Å². The van der Waals surface area contributed by atoms with Crippen molar-refractivity contribution in [2.45, 2.75) is 26.7 Å². The minimum Gasteiger partial charge on any atom is -0.480 e. The quantitative estimate of drug-likeness (QED) is 0.597. The first-order chi connectivity index (χ1) is 7.18. The van der Waals surface area contributed by atoms with E-state index in [0.717, 1.165) is 19.4 Å². The van der Waals surface area contributed by atoms with E-state index in [1.165, 1.54) is 0 Å². The molecule has 0 rings (SSSR count). The molecule has 0 aliphatic carbocycles. The van der Waals surface area contributed by atoms with Crippen LogP contribution in [0.4, 0.5) is 0 Å². The van der Waals surface area contributed by atoms with E-state index in [4.69, 9.17) is 19.7 Å². The van der Waals surface area contributed by atoms with Crippen LogP contribution in [-0.2, 0) is 14.3 Å². The van der Waals surface area contributed by atoms with Crippen molar-refractivity contribution in [2.75, 3.05) is 33.0 Å². The van der Waals surface area contributed by atoms with Crippen LogP contribution in [0.5, 0.6) is 0 Å². The van der Waals surface area contributed by atoms with Crippen LogP contribution in [0.15, 0.2) is 0 Å². The van der Waals surface area contributed by atoms with Crippen LogP contribution in [0.1, 0.15) is 26.7 Å². The van der Waals surface area contributed by atoms with Gasteiger partial charge in [-0.2, -0.15) is 0 Å². The number of aliphatic hydroxyl groups is 1. The minimum absolute atomic E-state index is 0.239. The van der Waals surface area contributed by atoms with Crippen LogP contribution < -0.4 is 0 Å². The van der Waals surface area contributed by atoms with Crippen LogP contribution in [0.3, 0.4) is 0 Å². The van der Waals surface area contributed by atoms with Crippen molar-refractivity contribution >= 4 is 5.97 Å². The summed E-state index contributed by atoms with van der Waals surface area (Å²) in [5, 5.41) is 15.8. The van der Waals surface area contributed by atoms with Gasteiger partial charge >= 0.3 is 5.97 Å². The van der Waals surface area contributed by atoms with E-state index in [-0.39, 0.29) is 13.2 Å². The lowest BCUT2D eigenvalue weighted by atomic mass is 10.4. The number of carboxylic acid groups (broad SMARTS) is 1. The minimum atomic E-state index is -0.941. The van der Waals surface area contributed by atoms with Gasteiger partial charge in [0.2, 0.25) is 0 Å². The third kappa shape index (κ3) is 24.7. The summed E-state index contributed by atoms with van der Waals surface area (Å²) >= 11 is 0. The standard InChI is InChI=1S/C8H16O4.C2H6O/c1-2-3-4-11-5-6-12-7-8(9)10;1-2-3/h2-7H2,1H3,(H,9,10);3H,2H2,1H3. The Labute approximate surface area is 91.0 Å². The summed E-state index contributed by atoms with van der Waals surface area (Å²) in [5.41, 5.74) is 0. The summed E-state index contributed by atoms with van der Waals surface area (Å²) in [5.74, 6) is -0.941. The lowest BCUT2D eigenvalue weighted by Crippen LogP contribution is -2.11. The predicted octanol–water partition coefficient (Wildman–Crippen LogP) is 0.903. The molecule has 0 unspecified atom stereocenters. The van der Waals surface area contributed by atoms with Gasteiger partial charge in [0.1, 0.15) is 6.61 Å². The number of aliphatic hydroxyl groups excluding tert-OH is 1. The van der Waals surface area contributed by atoms with Crippen molar-refractivity contribution in [3.8, 4) is 0 Å². The monoisotopic (exact) mass is 222 g/mol. The average molecular weight is 222 g/mol. The number of carbonyl (C=O) groups is 1. The zero-order chi connectivity index (χ0) is 11.9. The molecule has 0 saturated carbocycles. The fraction of sp³-hybridized carbons (Fsp3) is 0.900. The van der Waals surface area contributed by atoms with Crippen LogP contribution in [0.2, 0.25) is 0 Å². The Morgan fingerprint density at radius 1 is 1.13 bits per heavy atom. The molecule has 0 atom stereocenters. The van der Waals surface area contributed by atoms with Crippen molar-refractivity contribution in [1.82, 2.24) is 0 Å².